The van der Waals surface area contributed by atoms with E-state index in [0.717, 1.165) is 56.5 Å². The predicted octanol–water partition coefficient (Wildman–Crippen LogP) is 4.21. The number of carbonyl (C=O) groups excluding carboxylic acids is 2. The van der Waals surface area contributed by atoms with E-state index < -0.39 is 0 Å². The zero-order chi connectivity index (χ0) is 48.0. The molecule has 0 amide bonds. The molecule has 0 aliphatic carbocycles. The van der Waals surface area contributed by atoms with Gasteiger partial charge < -0.3 is 61.7 Å². The van der Waals surface area contributed by atoms with Crippen LogP contribution in [-0.4, -0.2) is 164 Å². The number of ether oxygens (including phenoxy) is 12. The number of rotatable bonds is 0. The Bertz CT molecular complexity index is 2080. The highest BCUT2D eigenvalue weighted by molar-refractivity contribution is 7.99. The molecule has 2 aromatic heterocycles. The van der Waals surface area contributed by atoms with Crippen LogP contribution in [0.3, 0.4) is 0 Å². The van der Waals surface area contributed by atoms with E-state index in [1.165, 1.54) is 0 Å². The standard InChI is InChI=1S/C51H69N3O14S/c1-52-46-4-2-43-39-49(46)69-48-5-3-42(38-47(48)52)40-50(55)67-36-34-65-32-30-63-28-26-61-24-22-59-20-18-57-16-14-53-10-6-44(7-11-53)45-8-12-54(13-9-45)15-17-58-19-21-60-23-25-62-27-29-64-31-33-66-35-37-68-51(56)41-43/h2-13,38-39H,14-37,40-41H2,1H3/q+2. The molecular weight excluding hydrogens is 911 g/mol. The Hall–Kier alpha value is -4.57. The van der Waals surface area contributed by atoms with Crippen molar-refractivity contribution in [3.05, 3.63) is 96.6 Å². The van der Waals surface area contributed by atoms with E-state index in [2.05, 4.69) is 63.1 Å². The SMILES string of the molecule is CN1c2ccc3cc2Sc2ccc(cc21)CC(=O)OCCOCCOCCOCCOCCOCC[n+]1ccc(cc1)-c1cc[n+](cc1)CCOCCOCCOCCOCCOCCOC(=O)C3. The lowest BCUT2D eigenvalue weighted by Gasteiger charge is -2.30. The van der Waals surface area contributed by atoms with Gasteiger partial charge in [0, 0.05) is 41.1 Å². The van der Waals surface area contributed by atoms with E-state index in [-0.39, 0.29) is 51.2 Å². The minimum Gasteiger partial charge on any atom is -0.463 e. The number of hydrogen-bond donors (Lipinski definition) is 0. The molecule has 0 fully saturated rings. The van der Waals surface area contributed by atoms with Crippen LogP contribution < -0.4 is 14.0 Å². The molecule has 17 nitrogen and oxygen atoms in total. The summed E-state index contributed by atoms with van der Waals surface area (Å²) < 4.78 is 71.3. The highest BCUT2D eigenvalue weighted by Crippen LogP contribution is 2.48. The normalized spacial score (nSPS) is 19.2. The molecule has 69 heavy (non-hydrogen) atoms. The van der Waals surface area contributed by atoms with Crippen LogP contribution in [-0.2, 0) is 92.4 Å². The molecule has 0 saturated heterocycles. The van der Waals surface area contributed by atoms with E-state index in [0.29, 0.717) is 119 Å². The lowest BCUT2D eigenvalue weighted by molar-refractivity contribution is -0.698. The van der Waals surface area contributed by atoms with Gasteiger partial charge in [0.1, 0.15) is 26.4 Å². The molecule has 11 heterocycles. The monoisotopic (exact) mass is 979 g/mol. The van der Waals surface area contributed by atoms with Gasteiger partial charge in [-0.2, -0.15) is 0 Å². The number of benzene rings is 2. The van der Waals surface area contributed by atoms with Crippen LogP contribution in [0.4, 0.5) is 11.4 Å². The quantitative estimate of drug-likeness (QED) is 0.182. The van der Waals surface area contributed by atoms with Crippen molar-refractivity contribution in [2.45, 2.75) is 35.7 Å². The van der Waals surface area contributed by atoms with Gasteiger partial charge in [-0.1, -0.05) is 23.9 Å². The van der Waals surface area contributed by atoms with Gasteiger partial charge in [-0.25, -0.2) is 9.13 Å². The predicted molar refractivity (Wildman–Crippen MR) is 255 cm³/mol. The molecule has 10 bridgehead atoms. The summed E-state index contributed by atoms with van der Waals surface area (Å²) in [6, 6.07) is 20.4. The molecule has 9 aliphatic rings. The third-order valence-electron chi connectivity index (χ3n) is 10.7. The van der Waals surface area contributed by atoms with E-state index in [9.17, 15) is 9.59 Å². The van der Waals surface area contributed by atoms with Crippen molar-refractivity contribution in [2.75, 3.05) is 157 Å². The van der Waals surface area contributed by atoms with Gasteiger partial charge in [0.15, 0.2) is 37.9 Å². The second-order valence-electron chi connectivity index (χ2n) is 15.8. The minimum absolute atomic E-state index is 0.147. The largest absolute Gasteiger partial charge is 0.463 e. The minimum atomic E-state index is -0.322. The van der Waals surface area contributed by atoms with Crippen molar-refractivity contribution >= 4 is 35.1 Å². The van der Waals surface area contributed by atoms with Crippen LogP contribution in [0.2, 0.25) is 0 Å². The van der Waals surface area contributed by atoms with Crippen molar-refractivity contribution in [3.8, 4) is 11.1 Å². The maximum Gasteiger partial charge on any atom is 0.310 e. The van der Waals surface area contributed by atoms with Crippen molar-refractivity contribution in [3.63, 3.8) is 0 Å². The van der Waals surface area contributed by atoms with Gasteiger partial charge in [0.2, 0.25) is 0 Å². The number of pyridine rings is 2. The molecule has 13 rings (SSSR count). The Kier molecular flexibility index (Phi) is 25.2. The van der Waals surface area contributed by atoms with Crippen molar-refractivity contribution in [2.24, 2.45) is 0 Å². The first-order valence-electron chi connectivity index (χ1n) is 23.8. The molecule has 0 atom stereocenters. The second kappa shape index (κ2) is 32.3. The van der Waals surface area contributed by atoms with Crippen LogP contribution in [0.5, 0.6) is 0 Å². The zero-order valence-corrected chi connectivity index (χ0v) is 40.7. The van der Waals surface area contributed by atoms with Crippen LogP contribution in [0.15, 0.2) is 95.2 Å². The zero-order valence-electron chi connectivity index (χ0n) is 39.9. The third kappa shape index (κ3) is 20.7. The van der Waals surface area contributed by atoms with E-state index in [1.807, 2.05) is 43.4 Å². The van der Waals surface area contributed by atoms with Crippen LogP contribution in [0, 0.1) is 0 Å². The van der Waals surface area contributed by atoms with E-state index >= 15 is 0 Å². The Morgan fingerprint density at radius 2 is 0.739 bits per heavy atom. The van der Waals surface area contributed by atoms with E-state index in [1.54, 1.807) is 11.8 Å². The molecule has 0 radical (unpaired) electrons. The fourth-order valence-electron chi connectivity index (χ4n) is 7.06. The smallest absolute Gasteiger partial charge is 0.310 e. The number of aromatic nitrogens is 2. The lowest BCUT2D eigenvalue weighted by Crippen LogP contribution is -2.35. The molecule has 18 heteroatoms. The molecule has 4 aromatic rings. The van der Waals surface area contributed by atoms with Gasteiger partial charge in [-0.15, -0.1) is 0 Å². The Balaban J connectivity index is 0.867. The first-order valence-corrected chi connectivity index (χ1v) is 24.6. The Morgan fingerprint density at radius 3 is 1.14 bits per heavy atom. The highest BCUT2D eigenvalue weighted by atomic mass is 32.2. The van der Waals surface area contributed by atoms with Crippen LogP contribution in [0.25, 0.3) is 11.1 Å². The Labute approximate surface area is 410 Å². The summed E-state index contributed by atoms with van der Waals surface area (Å²) in [7, 11) is 1.99. The fraction of sp³-hybridized carbons (Fsp3) is 0.529. The number of anilines is 2. The lowest BCUT2D eigenvalue weighted by atomic mass is 10.1. The highest BCUT2D eigenvalue weighted by Gasteiger charge is 2.23. The average molecular weight is 980 g/mol. The Morgan fingerprint density at radius 1 is 0.391 bits per heavy atom. The first kappa shape index (κ1) is 53.8. The number of hydrogen-bond acceptors (Lipinski definition) is 16. The van der Waals surface area contributed by atoms with Crippen molar-refractivity contribution < 1.29 is 75.6 Å². The molecule has 376 valence electrons. The molecule has 0 unspecified atom stereocenters. The van der Waals surface area contributed by atoms with Gasteiger partial charge in [0.25, 0.3) is 0 Å². The third-order valence-corrected chi connectivity index (χ3v) is 11.9. The molecule has 0 saturated carbocycles. The van der Waals surface area contributed by atoms with Crippen molar-refractivity contribution in [1.29, 1.82) is 0 Å². The van der Waals surface area contributed by atoms with Gasteiger partial charge in [-0.3, -0.25) is 9.59 Å². The van der Waals surface area contributed by atoms with E-state index in [4.69, 9.17) is 56.8 Å². The summed E-state index contributed by atoms with van der Waals surface area (Å²) in [6.07, 6.45) is 8.56. The summed E-state index contributed by atoms with van der Waals surface area (Å²) in [5, 5.41) is 0. The summed E-state index contributed by atoms with van der Waals surface area (Å²) >= 11 is 1.63. The average Bonchev–Trinajstić information content (AvgIpc) is 3.36. The molecule has 9 aliphatic heterocycles. The maximum absolute atomic E-state index is 12.6. The maximum atomic E-state index is 12.6. The summed E-state index contributed by atoms with van der Waals surface area (Å²) in [6.45, 7) is 10.9. The van der Waals surface area contributed by atoms with Crippen LogP contribution >= 0.6 is 11.8 Å². The number of nitrogens with zero attached hydrogens (tertiary/aromatic N) is 3. The fourth-order valence-corrected chi connectivity index (χ4v) is 8.26. The van der Waals surface area contributed by atoms with Crippen LogP contribution in [0.1, 0.15) is 11.1 Å². The molecular formula is C51H69N3O14S+2. The topological polar surface area (TPSA) is 156 Å². The second-order valence-corrected chi connectivity index (χ2v) is 16.9. The van der Waals surface area contributed by atoms with Gasteiger partial charge in [-0.05, 0) is 46.5 Å². The summed E-state index contributed by atoms with van der Waals surface area (Å²) in [5.74, 6) is -0.642. The van der Waals surface area contributed by atoms with Gasteiger partial charge >= 0.3 is 11.9 Å². The summed E-state index contributed by atoms with van der Waals surface area (Å²) in [4.78, 5) is 29.4. The molecule has 2 aromatic carbocycles. The number of esters is 2. The van der Waals surface area contributed by atoms with Gasteiger partial charge in [0.05, 0.1) is 143 Å². The molecule has 0 N–H and O–H groups in total. The molecule has 0 spiro atoms. The first-order chi connectivity index (χ1) is 34.0. The number of carbonyl (C=O) groups is 2. The van der Waals surface area contributed by atoms with Crippen molar-refractivity contribution in [1.82, 2.24) is 0 Å². The summed E-state index contributed by atoms with van der Waals surface area (Å²) in [5.41, 5.74) is 6.01.